The molecule has 3 aromatic carbocycles. The summed E-state index contributed by atoms with van der Waals surface area (Å²) in [5, 5.41) is 21.7. The van der Waals surface area contributed by atoms with Crippen molar-refractivity contribution >= 4 is 0 Å². The Morgan fingerprint density at radius 2 is 1.07 bits per heavy atom. The van der Waals surface area contributed by atoms with Gasteiger partial charge in [-0.2, -0.15) is 0 Å². The van der Waals surface area contributed by atoms with E-state index < -0.39 is 0 Å². The van der Waals surface area contributed by atoms with E-state index in [-0.39, 0.29) is 5.92 Å². The first-order valence-electron chi connectivity index (χ1n) is 10.5. The van der Waals surface area contributed by atoms with E-state index in [1.807, 2.05) is 41.5 Å². The van der Waals surface area contributed by atoms with Crippen LogP contribution in [-0.4, -0.2) is 10.2 Å². The van der Waals surface area contributed by atoms with Crippen molar-refractivity contribution in [2.45, 2.75) is 61.3 Å². The molecule has 4 rings (SSSR count). The van der Waals surface area contributed by atoms with Crippen molar-refractivity contribution in [3.8, 4) is 23.0 Å². The summed E-state index contributed by atoms with van der Waals surface area (Å²) in [7, 11) is 0. The SMILES string of the molecule is Cc1ccc(C2c3c(C)c(O)c(C)c(C)c3Oc3c(C)c(C)c(O)c(C)c32)cc1C. The van der Waals surface area contributed by atoms with Crippen LogP contribution in [0.25, 0.3) is 0 Å². The monoisotopic (exact) mass is 402 g/mol. The lowest BCUT2D eigenvalue weighted by Crippen LogP contribution is -2.18. The van der Waals surface area contributed by atoms with Crippen LogP contribution in [0.1, 0.15) is 67.1 Å². The summed E-state index contributed by atoms with van der Waals surface area (Å²) in [6, 6.07) is 6.52. The summed E-state index contributed by atoms with van der Waals surface area (Å²) in [5.41, 5.74) is 10.8. The molecule has 0 fully saturated rings. The minimum atomic E-state index is -0.126. The smallest absolute Gasteiger partial charge is 0.135 e. The van der Waals surface area contributed by atoms with Gasteiger partial charge in [0.15, 0.2) is 0 Å². The molecule has 1 aliphatic heterocycles. The van der Waals surface area contributed by atoms with Gasteiger partial charge in [0, 0.05) is 17.0 Å². The summed E-state index contributed by atoms with van der Waals surface area (Å²) in [4.78, 5) is 0. The predicted molar refractivity (Wildman–Crippen MR) is 122 cm³/mol. The molecule has 30 heavy (non-hydrogen) atoms. The molecular formula is C27H30O3. The molecule has 0 saturated heterocycles. The van der Waals surface area contributed by atoms with Crippen molar-refractivity contribution < 1.29 is 14.9 Å². The third-order valence-electron chi connectivity index (χ3n) is 7.17. The van der Waals surface area contributed by atoms with Gasteiger partial charge in [-0.3, -0.25) is 0 Å². The maximum Gasteiger partial charge on any atom is 0.135 e. The van der Waals surface area contributed by atoms with Crippen molar-refractivity contribution in [3.05, 3.63) is 79.4 Å². The number of aryl methyl sites for hydroxylation is 2. The number of hydrogen-bond acceptors (Lipinski definition) is 3. The number of rotatable bonds is 1. The zero-order chi connectivity index (χ0) is 22.1. The second kappa shape index (κ2) is 6.80. The molecule has 0 atom stereocenters. The Labute approximate surface area is 179 Å². The predicted octanol–water partition coefficient (Wildman–Crippen LogP) is 6.85. The minimum absolute atomic E-state index is 0.126. The van der Waals surface area contributed by atoms with Gasteiger partial charge in [-0.1, -0.05) is 18.2 Å². The average Bonchev–Trinajstić information content (AvgIpc) is 2.73. The molecule has 0 aromatic heterocycles. The Bertz CT molecular complexity index is 1150. The lowest BCUT2D eigenvalue weighted by atomic mass is 9.75. The second-order valence-electron chi connectivity index (χ2n) is 8.81. The third kappa shape index (κ3) is 2.64. The largest absolute Gasteiger partial charge is 0.507 e. The summed E-state index contributed by atoms with van der Waals surface area (Å²) >= 11 is 0. The van der Waals surface area contributed by atoms with Crippen LogP contribution in [0.4, 0.5) is 0 Å². The van der Waals surface area contributed by atoms with Gasteiger partial charge < -0.3 is 14.9 Å². The Hall–Kier alpha value is -2.94. The Morgan fingerprint density at radius 3 is 1.50 bits per heavy atom. The maximum absolute atomic E-state index is 10.9. The van der Waals surface area contributed by atoms with Crippen molar-refractivity contribution in [2.24, 2.45) is 0 Å². The number of phenolic OH excluding ortho intramolecular Hbond substituents is 2. The molecule has 1 aliphatic rings. The fraction of sp³-hybridized carbons (Fsp3) is 0.333. The molecule has 0 radical (unpaired) electrons. The topological polar surface area (TPSA) is 49.7 Å². The van der Waals surface area contributed by atoms with Crippen LogP contribution >= 0.6 is 0 Å². The van der Waals surface area contributed by atoms with E-state index in [0.717, 1.165) is 61.6 Å². The average molecular weight is 403 g/mol. The first-order valence-corrected chi connectivity index (χ1v) is 10.5. The molecule has 0 bridgehead atoms. The van der Waals surface area contributed by atoms with Crippen LogP contribution in [0.15, 0.2) is 18.2 Å². The Morgan fingerprint density at radius 1 is 0.600 bits per heavy atom. The van der Waals surface area contributed by atoms with E-state index in [4.69, 9.17) is 4.74 Å². The van der Waals surface area contributed by atoms with Gasteiger partial charge in [0.2, 0.25) is 0 Å². The zero-order valence-corrected chi connectivity index (χ0v) is 19.1. The molecule has 2 N–H and O–H groups in total. The van der Waals surface area contributed by atoms with Gasteiger partial charge >= 0.3 is 0 Å². The van der Waals surface area contributed by atoms with E-state index in [0.29, 0.717) is 11.5 Å². The van der Waals surface area contributed by atoms with E-state index in [9.17, 15) is 10.2 Å². The highest BCUT2D eigenvalue weighted by molar-refractivity contribution is 5.72. The summed E-state index contributed by atoms with van der Waals surface area (Å²) in [6.45, 7) is 16.0. The maximum atomic E-state index is 10.9. The first-order chi connectivity index (χ1) is 14.1. The molecule has 156 valence electrons. The second-order valence-corrected chi connectivity index (χ2v) is 8.81. The van der Waals surface area contributed by atoms with E-state index in [1.165, 1.54) is 11.1 Å². The minimum Gasteiger partial charge on any atom is -0.507 e. The fourth-order valence-electron chi connectivity index (χ4n) is 4.74. The van der Waals surface area contributed by atoms with Gasteiger partial charge in [0.25, 0.3) is 0 Å². The van der Waals surface area contributed by atoms with Gasteiger partial charge in [0.05, 0.1) is 0 Å². The standard InChI is InChI=1S/C27H30O3/c1-12-9-10-20(11-13(12)2)23-21-18(7)24(28)14(3)16(5)26(21)30-27-17(6)15(4)25(29)19(8)22(23)27/h9-11,23,28-29H,1-8H3. The Kier molecular flexibility index (Phi) is 4.61. The van der Waals surface area contributed by atoms with Crippen LogP contribution in [0, 0.1) is 55.4 Å². The number of phenols is 2. The van der Waals surface area contributed by atoms with Gasteiger partial charge in [0.1, 0.15) is 23.0 Å². The van der Waals surface area contributed by atoms with Crippen LogP contribution in [0.2, 0.25) is 0 Å². The zero-order valence-electron chi connectivity index (χ0n) is 19.1. The highest BCUT2D eigenvalue weighted by Crippen LogP contribution is 2.56. The molecule has 1 heterocycles. The van der Waals surface area contributed by atoms with E-state index >= 15 is 0 Å². The van der Waals surface area contributed by atoms with Crippen molar-refractivity contribution in [2.75, 3.05) is 0 Å². The quantitative estimate of drug-likeness (QED) is 0.366. The number of ether oxygens (including phenoxy) is 1. The molecule has 0 saturated carbocycles. The molecule has 0 aliphatic carbocycles. The highest BCUT2D eigenvalue weighted by Gasteiger charge is 2.37. The van der Waals surface area contributed by atoms with Crippen LogP contribution in [0.5, 0.6) is 23.0 Å². The lowest BCUT2D eigenvalue weighted by Gasteiger charge is -2.35. The van der Waals surface area contributed by atoms with Gasteiger partial charge in [-0.05, 0) is 105 Å². The van der Waals surface area contributed by atoms with Gasteiger partial charge in [-0.25, -0.2) is 0 Å². The normalized spacial score (nSPS) is 13.1. The summed E-state index contributed by atoms with van der Waals surface area (Å²) < 4.78 is 6.56. The van der Waals surface area contributed by atoms with Crippen molar-refractivity contribution in [1.82, 2.24) is 0 Å². The highest BCUT2D eigenvalue weighted by atomic mass is 16.5. The molecule has 0 unspecified atom stereocenters. The van der Waals surface area contributed by atoms with Gasteiger partial charge in [-0.15, -0.1) is 0 Å². The van der Waals surface area contributed by atoms with E-state index in [1.54, 1.807) is 0 Å². The van der Waals surface area contributed by atoms with Crippen LogP contribution < -0.4 is 4.74 Å². The third-order valence-corrected chi connectivity index (χ3v) is 7.17. The molecular weight excluding hydrogens is 372 g/mol. The fourth-order valence-corrected chi connectivity index (χ4v) is 4.74. The molecule has 3 nitrogen and oxygen atoms in total. The molecule has 3 heteroatoms. The van der Waals surface area contributed by atoms with Crippen molar-refractivity contribution in [1.29, 1.82) is 0 Å². The summed E-state index contributed by atoms with van der Waals surface area (Å²) in [5.74, 6) is 2.16. The Balaban J connectivity index is 2.18. The van der Waals surface area contributed by atoms with Crippen LogP contribution in [0.3, 0.4) is 0 Å². The van der Waals surface area contributed by atoms with E-state index in [2.05, 4.69) is 32.0 Å². The number of benzene rings is 3. The first kappa shape index (κ1) is 20.3. The molecule has 0 spiro atoms. The lowest BCUT2D eigenvalue weighted by molar-refractivity contribution is 0.422. The van der Waals surface area contributed by atoms with Crippen LogP contribution in [-0.2, 0) is 0 Å². The number of hydrogen-bond donors (Lipinski definition) is 2. The molecule has 3 aromatic rings. The summed E-state index contributed by atoms with van der Waals surface area (Å²) in [6.07, 6.45) is 0. The molecule has 0 amide bonds. The number of aromatic hydroxyl groups is 2. The number of fused-ring (bicyclic) bond motifs is 2. The van der Waals surface area contributed by atoms with Crippen molar-refractivity contribution in [3.63, 3.8) is 0 Å².